The van der Waals surface area contributed by atoms with Crippen molar-refractivity contribution in [1.82, 2.24) is 10.2 Å². The SMILES string of the molecule is CCCCNC(=O)[C@@H](Cc1ccccc1)N(Cc1ccccc1Cl)C(=O)CN(c1cccc(C)c1)S(=O)(=O)c1ccccc1. The number of rotatable bonds is 14. The van der Waals surface area contributed by atoms with Gasteiger partial charge in [0.05, 0.1) is 10.6 Å². The van der Waals surface area contributed by atoms with Gasteiger partial charge in [0.15, 0.2) is 0 Å². The Labute approximate surface area is 265 Å². The van der Waals surface area contributed by atoms with Gasteiger partial charge in [-0.05, 0) is 60.4 Å². The van der Waals surface area contributed by atoms with Crippen LogP contribution in [0.4, 0.5) is 5.69 Å². The van der Waals surface area contributed by atoms with Crippen LogP contribution in [-0.2, 0) is 32.6 Å². The highest BCUT2D eigenvalue weighted by molar-refractivity contribution is 7.92. The summed E-state index contributed by atoms with van der Waals surface area (Å²) >= 11 is 6.55. The van der Waals surface area contributed by atoms with E-state index in [9.17, 15) is 18.0 Å². The molecule has 0 aliphatic heterocycles. The van der Waals surface area contributed by atoms with Crippen molar-refractivity contribution < 1.29 is 18.0 Å². The molecule has 0 unspecified atom stereocenters. The summed E-state index contributed by atoms with van der Waals surface area (Å²) in [6.45, 7) is 3.86. The van der Waals surface area contributed by atoms with Gasteiger partial charge in [0.2, 0.25) is 11.8 Å². The second kappa shape index (κ2) is 15.5. The maximum absolute atomic E-state index is 14.5. The first-order valence-electron chi connectivity index (χ1n) is 14.7. The summed E-state index contributed by atoms with van der Waals surface area (Å²) < 4.78 is 29.2. The molecular weight excluding hydrogens is 594 g/mol. The van der Waals surface area contributed by atoms with Crippen molar-refractivity contribution in [1.29, 1.82) is 0 Å². The summed E-state index contributed by atoms with van der Waals surface area (Å²) in [6.07, 6.45) is 1.93. The van der Waals surface area contributed by atoms with Gasteiger partial charge in [-0.1, -0.05) is 104 Å². The molecule has 230 valence electrons. The third kappa shape index (κ3) is 8.49. The molecule has 44 heavy (non-hydrogen) atoms. The number of carbonyl (C=O) groups is 2. The van der Waals surface area contributed by atoms with E-state index in [-0.39, 0.29) is 23.8 Å². The molecule has 0 radical (unpaired) electrons. The molecule has 0 spiro atoms. The number of aryl methyl sites for hydroxylation is 1. The van der Waals surface area contributed by atoms with Gasteiger partial charge in [0, 0.05) is 24.5 Å². The van der Waals surface area contributed by atoms with E-state index in [0.29, 0.717) is 22.8 Å². The number of sulfonamides is 1. The second-order valence-corrected chi connectivity index (χ2v) is 12.9. The fraction of sp³-hybridized carbons (Fsp3) is 0.257. The van der Waals surface area contributed by atoms with Crippen LogP contribution in [0.3, 0.4) is 0 Å². The molecule has 0 aliphatic rings. The molecule has 0 bridgehead atoms. The number of anilines is 1. The molecule has 4 aromatic rings. The van der Waals surface area contributed by atoms with Crippen molar-refractivity contribution in [2.45, 2.75) is 50.6 Å². The maximum Gasteiger partial charge on any atom is 0.264 e. The van der Waals surface area contributed by atoms with E-state index in [1.54, 1.807) is 54.6 Å². The minimum atomic E-state index is -4.14. The Morgan fingerprint density at radius 2 is 1.52 bits per heavy atom. The molecule has 1 N–H and O–H groups in total. The summed E-state index contributed by atoms with van der Waals surface area (Å²) in [4.78, 5) is 29.8. The first kappa shape index (κ1) is 32.8. The normalized spacial score (nSPS) is 11.9. The van der Waals surface area contributed by atoms with Crippen LogP contribution in [0.25, 0.3) is 0 Å². The molecule has 4 aromatic carbocycles. The molecule has 0 aliphatic carbocycles. The van der Waals surface area contributed by atoms with Crippen LogP contribution in [0, 0.1) is 6.92 Å². The zero-order chi connectivity index (χ0) is 31.5. The summed E-state index contributed by atoms with van der Waals surface area (Å²) in [5, 5.41) is 3.44. The van der Waals surface area contributed by atoms with Gasteiger partial charge < -0.3 is 10.2 Å². The number of unbranched alkanes of at least 4 members (excludes halogenated alkanes) is 1. The van der Waals surface area contributed by atoms with Gasteiger partial charge in [0.25, 0.3) is 10.0 Å². The zero-order valence-electron chi connectivity index (χ0n) is 25.0. The van der Waals surface area contributed by atoms with Crippen LogP contribution in [0.2, 0.25) is 5.02 Å². The Bertz CT molecular complexity index is 1650. The van der Waals surface area contributed by atoms with E-state index in [1.807, 2.05) is 56.3 Å². The molecule has 0 heterocycles. The maximum atomic E-state index is 14.5. The lowest BCUT2D eigenvalue weighted by molar-refractivity contribution is -0.140. The van der Waals surface area contributed by atoms with E-state index in [4.69, 9.17) is 11.6 Å². The second-order valence-electron chi connectivity index (χ2n) is 10.6. The number of nitrogens with zero attached hydrogens (tertiary/aromatic N) is 2. The molecule has 4 rings (SSSR count). The molecule has 1 atom stereocenters. The Kier molecular flexibility index (Phi) is 11.6. The zero-order valence-corrected chi connectivity index (χ0v) is 26.6. The monoisotopic (exact) mass is 631 g/mol. The fourth-order valence-corrected chi connectivity index (χ4v) is 6.52. The smallest absolute Gasteiger partial charge is 0.264 e. The lowest BCUT2D eigenvalue weighted by Crippen LogP contribution is -2.53. The van der Waals surface area contributed by atoms with E-state index in [1.165, 1.54) is 17.0 Å². The topological polar surface area (TPSA) is 86.8 Å². The van der Waals surface area contributed by atoms with E-state index >= 15 is 0 Å². The van der Waals surface area contributed by atoms with Crippen LogP contribution < -0.4 is 9.62 Å². The molecule has 0 saturated heterocycles. The molecular formula is C35H38ClN3O4S. The van der Waals surface area contributed by atoms with Gasteiger partial charge in [-0.2, -0.15) is 0 Å². The highest BCUT2D eigenvalue weighted by Crippen LogP contribution is 2.26. The van der Waals surface area contributed by atoms with Crippen molar-refractivity contribution in [3.05, 3.63) is 131 Å². The van der Waals surface area contributed by atoms with Crippen LogP contribution in [0.5, 0.6) is 0 Å². The van der Waals surface area contributed by atoms with Crippen LogP contribution in [-0.4, -0.2) is 44.3 Å². The average Bonchev–Trinajstić information content (AvgIpc) is 3.03. The van der Waals surface area contributed by atoms with E-state index < -0.39 is 28.5 Å². The van der Waals surface area contributed by atoms with E-state index in [2.05, 4.69) is 5.32 Å². The number of benzene rings is 4. The average molecular weight is 632 g/mol. The number of hydrogen-bond donors (Lipinski definition) is 1. The molecule has 0 saturated carbocycles. The van der Waals surface area contributed by atoms with Crippen molar-refractivity contribution >= 4 is 39.1 Å². The van der Waals surface area contributed by atoms with Crippen LogP contribution in [0.1, 0.15) is 36.5 Å². The summed E-state index contributed by atoms with van der Waals surface area (Å²) in [5.74, 6) is -0.840. The first-order chi connectivity index (χ1) is 21.2. The quantitative estimate of drug-likeness (QED) is 0.163. The predicted octanol–water partition coefficient (Wildman–Crippen LogP) is 6.40. The van der Waals surface area contributed by atoms with E-state index in [0.717, 1.165) is 28.3 Å². The predicted molar refractivity (Wildman–Crippen MR) is 176 cm³/mol. The van der Waals surface area contributed by atoms with Crippen LogP contribution in [0.15, 0.2) is 114 Å². The Morgan fingerprint density at radius 1 is 0.864 bits per heavy atom. The highest BCUT2D eigenvalue weighted by Gasteiger charge is 2.34. The van der Waals surface area contributed by atoms with Crippen molar-refractivity contribution in [3.8, 4) is 0 Å². The summed E-state index contributed by atoms with van der Waals surface area (Å²) in [7, 11) is -4.14. The number of halogens is 1. The van der Waals surface area contributed by atoms with Crippen molar-refractivity contribution in [2.24, 2.45) is 0 Å². The minimum Gasteiger partial charge on any atom is -0.354 e. The molecule has 2 amide bonds. The number of nitrogens with one attached hydrogen (secondary N) is 1. The standard InChI is InChI=1S/C35H38ClN3O4S/c1-3-4-22-37-35(41)33(24-28-15-7-5-8-16-28)38(25-29-17-11-12-21-32(29)36)34(40)26-39(30-18-13-14-27(2)23-30)44(42,43)31-19-9-6-10-20-31/h5-21,23,33H,3-4,22,24-26H2,1-2H3,(H,37,41)/t33-/m1/s1. The Hall–Kier alpha value is -4.14. The molecule has 0 fully saturated rings. The van der Waals surface area contributed by atoms with Gasteiger partial charge >= 0.3 is 0 Å². The first-order valence-corrected chi connectivity index (χ1v) is 16.5. The Morgan fingerprint density at radius 3 is 2.18 bits per heavy atom. The fourth-order valence-electron chi connectivity index (χ4n) is 4.90. The highest BCUT2D eigenvalue weighted by atomic mass is 35.5. The Balaban J connectivity index is 1.79. The van der Waals surface area contributed by atoms with Gasteiger partial charge in [0.1, 0.15) is 12.6 Å². The third-order valence-corrected chi connectivity index (χ3v) is 9.46. The van der Waals surface area contributed by atoms with Gasteiger partial charge in [-0.15, -0.1) is 0 Å². The number of hydrogen-bond acceptors (Lipinski definition) is 4. The number of amides is 2. The molecule has 9 heteroatoms. The largest absolute Gasteiger partial charge is 0.354 e. The van der Waals surface area contributed by atoms with Crippen molar-refractivity contribution in [2.75, 3.05) is 17.4 Å². The summed E-state index contributed by atoms with van der Waals surface area (Å²) in [5.41, 5.74) is 2.71. The van der Waals surface area contributed by atoms with Crippen LogP contribution >= 0.6 is 11.6 Å². The van der Waals surface area contributed by atoms with Gasteiger partial charge in [-0.3, -0.25) is 13.9 Å². The lowest BCUT2D eigenvalue weighted by atomic mass is 10.0. The minimum absolute atomic E-state index is 0.0181. The summed E-state index contributed by atoms with van der Waals surface area (Å²) in [6, 6.07) is 30.7. The molecule has 7 nitrogen and oxygen atoms in total. The van der Waals surface area contributed by atoms with Gasteiger partial charge in [-0.25, -0.2) is 8.42 Å². The third-order valence-electron chi connectivity index (χ3n) is 7.30. The lowest BCUT2D eigenvalue weighted by Gasteiger charge is -2.34. The molecule has 0 aromatic heterocycles. The number of carbonyl (C=O) groups excluding carboxylic acids is 2. The van der Waals surface area contributed by atoms with Crippen molar-refractivity contribution in [3.63, 3.8) is 0 Å².